The van der Waals surface area contributed by atoms with Crippen LogP contribution in [0.1, 0.15) is 219 Å². The van der Waals surface area contributed by atoms with Crippen LogP contribution in [-0.4, -0.2) is 55.4 Å². The number of phenols is 2. The van der Waals surface area contributed by atoms with Gasteiger partial charge in [-0.25, -0.2) is 0 Å². The summed E-state index contributed by atoms with van der Waals surface area (Å²) in [6, 6.07) is 11.6. The number of carboxylic acids is 2. The van der Waals surface area contributed by atoms with Crippen LogP contribution in [0.4, 0.5) is 0 Å². The van der Waals surface area contributed by atoms with Crippen LogP contribution < -0.4 is 0 Å². The number of aryl methyl sites for hydroxylation is 2. The largest absolute Gasteiger partial charge is 0.508 e. The van der Waals surface area contributed by atoms with Gasteiger partial charge in [-0.1, -0.05) is 195 Å². The molecule has 6 nitrogen and oxygen atoms in total. The van der Waals surface area contributed by atoms with Crippen molar-refractivity contribution in [1.82, 2.24) is 0 Å². The standard InChI is InChI=1S/2C15H30O2S.2C11H16O/c2*1-2-3-4-5-6-7-8-9-10-11-13-18-14-12-15(16)17;2*1-8-5-6-9(10(12)7-8)11(2,3)4/h2*2-14H2,1H3,(H,16,17);2*5-7,12H,1-4H3. The number of benzene rings is 2. The van der Waals surface area contributed by atoms with Crippen molar-refractivity contribution >= 4 is 35.5 Å². The Morgan fingerprint density at radius 3 is 0.950 bits per heavy atom. The van der Waals surface area contributed by atoms with Gasteiger partial charge in [0, 0.05) is 11.5 Å². The number of phenolic OH excluding ortho intramolecular Hbond substituents is 2. The van der Waals surface area contributed by atoms with E-state index in [9.17, 15) is 19.8 Å². The summed E-state index contributed by atoms with van der Waals surface area (Å²) in [5.41, 5.74) is 4.26. The van der Waals surface area contributed by atoms with Crippen LogP contribution in [0, 0.1) is 13.8 Å². The van der Waals surface area contributed by atoms with Gasteiger partial charge in [0.05, 0.1) is 12.8 Å². The highest BCUT2D eigenvalue weighted by Crippen LogP contribution is 2.31. The number of rotatable bonds is 28. The van der Waals surface area contributed by atoms with E-state index in [4.69, 9.17) is 10.2 Å². The van der Waals surface area contributed by atoms with Gasteiger partial charge < -0.3 is 20.4 Å². The molecule has 0 heterocycles. The molecule has 0 fully saturated rings. The SMILES string of the molecule is CCCCCCCCCCCCSCCC(=O)O.CCCCCCCCCCCCSCCC(=O)O.Cc1ccc(C(C)(C)C)c(O)c1.Cc1ccc(C(C)(C)C)c(O)c1. The van der Waals surface area contributed by atoms with Gasteiger partial charge in [-0.15, -0.1) is 0 Å². The molecule has 0 radical (unpaired) electrons. The van der Waals surface area contributed by atoms with E-state index in [0.717, 1.165) is 45.3 Å². The molecule has 0 saturated heterocycles. The maximum atomic E-state index is 10.3. The van der Waals surface area contributed by atoms with Crippen molar-refractivity contribution in [2.24, 2.45) is 0 Å². The average molecular weight is 877 g/mol. The second-order valence-electron chi connectivity index (χ2n) is 18.4. The maximum absolute atomic E-state index is 10.3. The predicted octanol–water partition coefficient (Wildman–Crippen LogP) is 16.2. The fraction of sp³-hybridized carbons (Fsp3) is 0.731. The predicted molar refractivity (Wildman–Crippen MR) is 266 cm³/mol. The molecule has 0 amide bonds. The summed E-state index contributed by atoms with van der Waals surface area (Å²) in [4.78, 5) is 20.6. The van der Waals surface area contributed by atoms with Crippen LogP contribution >= 0.6 is 23.5 Å². The van der Waals surface area contributed by atoms with Crippen LogP contribution in [0.2, 0.25) is 0 Å². The van der Waals surface area contributed by atoms with E-state index >= 15 is 0 Å². The number of hydrogen-bond acceptors (Lipinski definition) is 6. The Morgan fingerprint density at radius 1 is 0.450 bits per heavy atom. The van der Waals surface area contributed by atoms with Crippen LogP contribution in [0.15, 0.2) is 36.4 Å². The highest BCUT2D eigenvalue weighted by atomic mass is 32.2. The van der Waals surface area contributed by atoms with E-state index in [1.165, 1.54) is 128 Å². The zero-order valence-electron chi connectivity index (χ0n) is 40.3. The first kappa shape index (κ1) is 59.8. The Bertz CT molecular complexity index is 1230. The number of carbonyl (C=O) groups is 2. The molecule has 2 rings (SSSR count). The average Bonchev–Trinajstić information content (AvgIpc) is 3.15. The van der Waals surface area contributed by atoms with Gasteiger partial charge in [0.2, 0.25) is 0 Å². The summed E-state index contributed by atoms with van der Waals surface area (Å²) in [5.74, 6) is 3.26. The van der Waals surface area contributed by atoms with E-state index in [1.807, 2.05) is 38.1 Å². The summed E-state index contributed by atoms with van der Waals surface area (Å²) in [6.07, 6.45) is 27.9. The van der Waals surface area contributed by atoms with E-state index in [1.54, 1.807) is 35.7 Å². The summed E-state index contributed by atoms with van der Waals surface area (Å²) in [7, 11) is 0. The van der Waals surface area contributed by atoms with Crippen molar-refractivity contribution in [3.05, 3.63) is 58.7 Å². The number of unbranched alkanes of at least 4 members (excludes halogenated alkanes) is 18. The molecular weight excluding hydrogens is 785 g/mol. The van der Waals surface area contributed by atoms with Crippen LogP contribution in [0.25, 0.3) is 0 Å². The number of thioether (sulfide) groups is 2. The Morgan fingerprint density at radius 2 is 0.717 bits per heavy atom. The smallest absolute Gasteiger partial charge is 0.304 e. The normalized spacial score (nSPS) is 11.1. The van der Waals surface area contributed by atoms with Gasteiger partial charge in [0.25, 0.3) is 0 Å². The molecule has 2 aromatic rings. The second kappa shape index (κ2) is 38.4. The first-order chi connectivity index (χ1) is 28.4. The molecule has 348 valence electrons. The van der Waals surface area contributed by atoms with Crippen molar-refractivity contribution in [3.63, 3.8) is 0 Å². The molecule has 4 N–H and O–H groups in total. The van der Waals surface area contributed by atoms with Gasteiger partial charge in [0.1, 0.15) is 11.5 Å². The van der Waals surface area contributed by atoms with Gasteiger partial charge in [-0.3, -0.25) is 9.59 Å². The van der Waals surface area contributed by atoms with Crippen LogP contribution in [0.5, 0.6) is 11.5 Å². The number of hydrogen-bond donors (Lipinski definition) is 4. The first-order valence-corrected chi connectivity index (χ1v) is 25.9. The van der Waals surface area contributed by atoms with Gasteiger partial charge in [0.15, 0.2) is 0 Å². The van der Waals surface area contributed by atoms with Gasteiger partial charge in [-0.2, -0.15) is 23.5 Å². The molecule has 0 bridgehead atoms. The van der Waals surface area contributed by atoms with E-state index in [-0.39, 0.29) is 10.8 Å². The molecule has 2 aromatic carbocycles. The number of carboxylic acid groups (broad SMARTS) is 2. The van der Waals surface area contributed by atoms with Crippen molar-refractivity contribution in [2.45, 2.75) is 221 Å². The summed E-state index contributed by atoms with van der Waals surface area (Å²) < 4.78 is 0. The highest BCUT2D eigenvalue weighted by Gasteiger charge is 2.18. The molecule has 60 heavy (non-hydrogen) atoms. The Labute approximate surface area is 378 Å². The van der Waals surface area contributed by atoms with E-state index in [0.29, 0.717) is 24.3 Å². The molecule has 0 spiro atoms. The Balaban J connectivity index is 0. The van der Waals surface area contributed by atoms with Gasteiger partial charge >= 0.3 is 11.9 Å². The molecule has 0 unspecified atom stereocenters. The molecule has 0 atom stereocenters. The second-order valence-corrected chi connectivity index (χ2v) is 20.9. The minimum absolute atomic E-state index is 0.0256. The summed E-state index contributed by atoms with van der Waals surface area (Å²) in [5, 5.41) is 36.2. The molecule has 8 heteroatoms. The van der Waals surface area contributed by atoms with E-state index < -0.39 is 11.9 Å². The highest BCUT2D eigenvalue weighted by molar-refractivity contribution is 7.99. The molecule has 0 aliphatic rings. The minimum Gasteiger partial charge on any atom is -0.508 e. The lowest BCUT2D eigenvalue weighted by Crippen LogP contribution is -2.11. The van der Waals surface area contributed by atoms with E-state index in [2.05, 4.69) is 55.4 Å². The lowest BCUT2D eigenvalue weighted by molar-refractivity contribution is -0.137. The molecule has 0 aliphatic heterocycles. The molecule has 0 aliphatic carbocycles. The van der Waals surface area contributed by atoms with Crippen LogP contribution in [-0.2, 0) is 20.4 Å². The molecular formula is C52H92O6S2. The molecule has 0 saturated carbocycles. The topological polar surface area (TPSA) is 115 Å². The Kier molecular flexibility index (Phi) is 38.2. The van der Waals surface area contributed by atoms with Gasteiger partial charge in [-0.05, 0) is 83.4 Å². The third-order valence-electron chi connectivity index (χ3n) is 10.1. The summed E-state index contributed by atoms with van der Waals surface area (Å²) in [6.45, 7) is 21.0. The number of aromatic hydroxyl groups is 2. The van der Waals surface area contributed by atoms with Crippen molar-refractivity contribution in [2.75, 3.05) is 23.0 Å². The first-order valence-electron chi connectivity index (χ1n) is 23.6. The monoisotopic (exact) mass is 877 g/mol. The van der Waals surface area contributed by atoms with Crippen molar-refractivity contribution in [1.29, 1.82) is 0 Å². The quantitative estimate of drug-likeness (QED) is 0.0625. The fourth-order valence-corrected chi connectivity index (χ4v) is 8.32. The summed E-state index contributed by atoms with van der Waals surface area (Å²) >= 11 is 3.56. The fourth-order valence-electron chi connectivity index (χ4n) is 6.46. The lowest BCUT2D eigenvalue weighted by atomic mass is 9.86. The maximum Gasteiger partial charge on any atom is 0.304 e. The zero-order valence-corrected chi connectivity index (χ0v) is 41.9. The molecule has 0 aromatic heterocycles. The number of aliphatic carboxylic acids is 2. The Hall–Kier alpha value is -2.32. The van der Waals surface area contributed by atoms with Crippen LogP contribution in [0.3, 0.4) is 0 Å². The third-order valence-corrected chi connectivity index (χ3v) is 12.3. The lowest BCUT2D eigenvalue weighted by Gasteiger charge is -2.20. The van der Waals surface area contributed by atoms with Crippen molar-refractivity contribution < 1.29 is 30.0 Å². The third kappa shape index (κ3) is 38.6. The van der Waals surface area contributed by atoms with Crippen molar-refractivity contribution in [3.8, 4) is 11.5 Å². The minimum atomic E-state index is -0.675. The zero-order chi connectivity index (χ0) is 45.7.